The van der Waals surface area contributed by atoms with Gasteiger partial charge in [0.05, 0.1) is 22.6 Å². The van der Waals surface area contributed by atoms with Crippen LogP contribution in [-0.2, 0) is 16.3 Å². The van der Waals surface area contributed by atoms with E-state index in [9.17, 15) is 23.6 Å². The summed E-state index contributed by atoms with van der Waals surface area (Å²) in [7, 11) is -4.40. The maximum atomic E-state index is 13.8. The van der Waals surface area contributed by atoms with Crippen LogP contribution in [0.2, 0.25) is 0 Å². The fourth-order valence-electron chi connectivity index (χ4n) is 4.83. The molecule has 1 N–H and O–H groups in total. The Hall–Kier alpha value is -4.22. The Labute approximate surface area is 229 Å². The molecule has 0 amide bonds. The number of rotatable bonds is 9. The summed E-state index contributed by atoms with van der Waals surface area (Å²) < 4.78 is 29.0. The number of nitrogens with zero attached hydrogens (tertiary/aromatic N) is 3. The second kappa shape index (κ2) is 11.7. The highest BCUT2D eigenvalue weighted by Crippen LogP contribution is 2.34. The summed E-state index contributed by atoms with van der Waals surface area (Å²) in [6.45, 7) is 5.86. The van der Waals surface area contributed by atoms with Crippen molar-refractivity contribution < 1.29 is 13.5 Å². The van der Waals surface area contributed by atoms with Gasteiger partial charge in [0.1, 0.15) is 5.82 Å². The lowest BCUT2D eigenvalue weighted by atomic mass is 10.0. The predicted molar refractivity (Wildman–Crippen MR) is 150 cm³/mol. The quantitative estimate of drug-likeness (QED) is 0.279. The van der Waals surface area contributed by atoms with Crippen molar-refractivity contribution in [3.8, 4) is 23.1 Å². The largest absolute Gasteiger partial charge is 0.493 e. The van der Waals surface area contributed by atoms with Crippen LogP contribution in [0.4, 0.5) is 0 Å². The molecule has 0 aliphatic rings. The van der Waals surface area contributed by atoms with Crippen molar-refractivity contribution in [2.75, 3.05) is 0 Å². The molecule has 1 heterocycles. The number of hydrogen-bond donors (Lipinski definition) is 1. The third-order valence-corrected chi connectivity index (χ3v) is 8.66. The summed E-state index contributed by atoms with van der Waals surface area (Å²) in [5.74, 6) is -0.333. The SMILES string of the molecule is CCCCc1nc(=O)c(S(=O)(=O)c2ccc(-c3ccccc3C)cc2)c(O)n1C(CC)c1cccc(C#N)c1. The first-order chi connectivity index (χ1) is 18.7. The van der Waals surface area contributed by atoms with Gasteiger partial charge in [0.15, 0.2) is 4.90 Å². The second-order valence-corrected chi connectivity index (χ2v) is 11.4. The van der Waals surface area contributed by atoms with Gasteiger partial charge in [-0.3, -0.25) is 9.36 Å². The molecule has 7 nitrogen and oxygen atoms in total. The van der Waals surface area contributed by atoms with E-state index in [-0.39, 0.29) is 4.90 Å². The number of benzene rings is 3. The molecule has 200 valence electrons. The van der Waals surface area contributed by atoms with Gasteiger partial charge in [-0.25, -0.2) is 8.42 Å². The molecule has 0 spiro atoms. The Morgan fingerprint density at radius 2 is 1.74 bits per heavy atom. The Kier molecular flexibility index (Phi) is 8.32. The summed E-state index contributed by atoms with van der Waals surface area (Å²) in [6, 6.07) is 22.6. The molecule has 0 radical (unpaired) electrons. The van der Waals surface area contributed by atoms with Crippen molar-refractivity contribution in [1.82, 2.24) is 9.55 Å². The molecule has 0 saturated heterocycles. The highest BCUT2D eigenvalue weighted by molar-refractivity contribution is 7.91. The first-order valence-electron chi connectivity index (χ1n) is 13.0. The van der Waals surface area contributed by atoms with Gasteiger partial charge < -0.3 is 5.11 Å². The van der Waals surface area contributed by atoms with E-state index in [2.05, 4.69) is 11.1 Å². The normalized spacial score (nSPS) is 12.2. The van der Waals surface area contributed by atoms with Crippen molar-refractivity contribution in [2.45, 2.75) is 62.3 Å². The van der Waals surface area contributed by atoms with Crippen molar-refractivity contribution in [3.63, 3.8) is 0 Å². The van der Waals surface area contributed by atoms with Gasteiger partial charge in [0.25, 0.3) is 5.56 Å². The summed E-state index contributed by atoms with van der Waals surface area (Å²) in [5, 5.41) is 20.9. The van der Waals surface area contributed by atoms with E-state index in [0.717, 1.165) is 23.1 Å². The van der Waals surface area contributed by atoms with Gasteiger partial charge in [0, 0.05) is 6.42 Å². The van der Waals surface area contributed by atoms with E-state index in [0.29, 0.717) is 36.2 Å². The van der Waals surface area contributed by atoms with Crippen LogP contribution in [0.5, 0.6) is 5.88 Å². The Morgan fingerprint density at radius 1 is 1.03 bits per heavy atom. The number of unbranched alkanes of at least 4 members (excludes halogenated alkanes) is 1. The molecule has 0 aliphatic carbocycles. The van der Waals surface area contributed by atoms with Crippen LogP contribution < -0.4 is 5.56 Å². The fraction of sp³-hybridized carbons (Fsp3) is 0.258. The van der Waals surface area contributed by atoms with Crippen molar-refractivity contribution in [1.29, 1.82) is 5.26 Å². The molecule has 1 atom stereocenters. The molecule has 3 aromatic carbocycles. The van der Waals surface area contributed by atoms with Gasteiger partial charge in [-0.2, -0.15) is 10.2 Å². The number of sulfone groups is 1. The van der Waals surface area contributed by atoms with Gasteiger partial charge in [-0.05, 0) is 66.3 Å². The number of aromatic nitrogens is 2. The van der Waals surface area contributed by atoms with Gasteiger partial charge in [-0.1, -0.05) is 68.8 Å². The molecule has 4 aromatic rings. The zero-order valence-corrected chi connectivity index (χ0v) is 23.1. The zero-order chi connectivity index (χ0) is 28.2. The van der Waals surface area contributed by atoms with E-state index < -0.39 is 32.2 Å². The van der Waals surface area contributed by atoms with Crippen LogP contribution in [0.1, 0.15) is 61.7 Å². The lowest BCUT2D eigenvalue weighted by molar-refractivity contribution is 0.358. The average molecular weight is 542 g/mol. The van der Waals surface area contributed by atoms with E-state index in [1.165, 1.54) is 16.7 Å². The van der Waals surface area contributed by atoms with Crippen molar-refractivity contribution in [2.24, 2.45) is 0 Å². The Balaban J connectivity index is 1.88. The molecule has 0 saturated carbocycles. The van der Waals surface area contributed by atoms with Crippen LogP contribution in [0.15, 0.2) is 87.4 Å². The summed E-state index contributed by atoms with van der Waals surface area (Å²) >= 11 is 0. The lowest BCUT2D eigenvalue weighted by Gasteiger charge is -2.25. The summed E-state index contributed by atoms with van der Waals surface area (Å²) in [6.07, 6.45) is 2.38. The lowest BCUT2D eigenvalue weighted by Crippen LogP contribution is -2.27. The molecule has 0 bridgehead atoms. The minimum absolute atomic E-state index is 0.110. The van der Waals surface area contributed by atoms with E-state index >= 15 is 0 Å². The van der Waals surface area contributed by atoms with Gasteiger partial charge in [-0.15, -0.1) is 0 Å². The van der Waals surface area contributed by atoms with Crippen LogP contribution in [-0.4, -0.2) is 23.1 Å². The van der Waals surface area contributed by atoms with Crippen LogP contribution in [0.25, 0.3) is 11.1 Å². The maximum absolute atomic E-state index is 13.8. The fourth-order valence-corrected chi connectivity index (χ4v) is 6.18. The predicted octanol–water partition coefficient (Wildman–Crippen LogP) is 5.97. The molecule has 4 rings (SSSR count). The third-order valence-electron chi connectivity index (χ3n) is 6.88. The molecule has 39 heavy (non-hydrogen) atoms. The first kappa shape index (κ1) is 27.8. The average Bonchev–Trinajstić information content (AvgIpc) is 2.94. The molecular weight excluding hydrogens is 510 g/mol. The third kappa shape index (κ3) is 5.50. The Bertz CT molecular complexity index is 1700. The van der Waals surface area contributed by atoms with E-state index in [4.69, 9.17) is 0 Å². The van der Waals surface area contributed by atoms with Crippen LogP contribution in [0.3, 0.4) is 0 Å². The topological polar surface area (TPSA) is 113 Å². The molecule has 1 aromatic heterocycles. The molecule has 1 unspecified atom stereocenters. The van der Waals surface area contributed by atoms with Crippen molar-refractivity contribution >= 4 is 9.84 Å². The molecule has 8 heteroatoms. The molecule has 0 fully saturated rings. The Morgan fingerprint density at radius 3 is 2.38 bits per heavy atom. The smallest absolute Gasteiger partial charge is 0.296 e. The number of nitriles is 1. The number of aryl methyl sites for hydroxylation is 2. The number of aromatic hydroxyl groups is 1. The maximum Gasteiger partial charge on any atom is 0.296 e. The first-order valence-corrected chi connectivity index (χ1v) is 14.5. The van der Waals surface area contributed by atoms with Crippen LogP contribution in [0, 0.1) is 18.3 Å². The highest BCUT2D eigenvalue weighted by atomic mass is 32.2. The van der Waals surface area contributed by atoms with E-state index in [1.54, 1.807) is 30.3 Å². The number of hydrogen-bond acceptors (Lipinski definition) is 6. The second-order valence-electron chi connectivity index (χ2n) is 9.46. The van der Waals surface area contributed by atoms with Crippen LogP contribution >= 0.6 is 0 Å². The summed E-state index contributed by atoms with van der Waals surface area (Å²) in [4.78, 5) is 16.5. The minimum atomic E-state index is -4.40. The standard InChI is InChI=1S/C31H31N3O4S/c1-4-6-14-28-33-30(35)29(31(36)34(28)27(5-2)24-12-9-11-22(19-24)20-32)39(37,38)25-17-15-23(16-18-25)26-13-8-7-10-21(26)3/h7-13,15-19,27,36H,4-6,14H2,1-3H3. The van der Waals surface area contributed by atoms with Crippen molar-refractivity contribution in [3.05, 3.63) is 106 Å². The van der Waals surface area contributed by atoms with Gasteiger partial charge >= 0.3 is 0 Å². The van der Waals surface area contributed by atoms with E-state index in [1.807, 2.05) is 51.1 Å². The molecular formula is C31H31N3O4S. The monoisotopic (exact) mass is 541 g/mol. The summed E-state index contributed by atoms with van der Waals surface area (Å²) in [5.41, 5.74) is 3.02. The molecule has 0 aliphatic heterocycles. The zero-order valence-electron chi connectivity index (χ0n) is 22.3. The minimum Gasteiger partial charge on any atom is -0.493 e. The highest BCUT2D eigenvalue weighted by Gasteiger charge is 2.32. The van der Waals surface area contributed by atoms with Gasteiger partial charge in [0.2, 0.25) is 15.7 Å².